The maximum absolute atomic E-state index is 12.5. The molecule has 0 fully saturated rings. The molecule has 0 bridgehead atoms. The number of nitrogens with one attached hydrogen (secondary N) is 1. The smallest absolute Gasteiger partial charge is 0.237 e. The van der Waals surface area contributed by atoms with Gasteiger partial charge in [0, 0.05) is 22.2 Å². The molecule has 3 rings (SSSR count). The fourth-order valence-electron chi connectivity index (χ4n) is 2.43. The second kappa shape index (κ2) is 8.50. The van der Waals surface area contributed by atoms with Gasteiger partial charge in [-0.25, -0.2) is 4.98 Å². The minimum atomic E-state index is -0.303. The normalized spacial score (nSPS) is 11.8. The number of thiazole rings is 1. The topological polar surface area (TPSA) is 59.1 Å². The van der Waals surface area contributed by atoms with Crippen LogP contribution in [0.25, 0.3) is 11.3 Å². The summed E-state index contributed by atoms with van der Waals surface area (Å²) in [6.07, 6.45) is 0. The van der Waals surface area contributed by atoms with Crippen molar-refractivity contribution in [3.05, 3.63) is 65.0 Å². The fraction of sp³-hybridized carbons (Fsp3) is 0.190. The number of aryl methyl sites for hydroxylation is 1. The highest BCUT2D eigenvalue weighted by Crippen LogP contribution is 2.31. The Kier molecular flexibility index (Phi) is 6.08. The van der Waals surface area contributed by atoms with Crippen molar-refractivity contribution in [2.75, 3.05) is 5.32 Å². The van der Waals surface area contributed by atoms with Crippen LogP contribution >= 0.6 is 23.1 Å². The number of hydrogen-bond donors (Lipinski definition) is 1. The van der Waals surface area contributed by atoms with Gasteiger partial charge in [-0.3, -0.25) is 9.59 Å². The Balaban J connectivity index is 1.64. The summed E-state index contributed by atoms with van der Waals surface area (Å²) in [7, 11) is 0. The summed E-state index contributed by atoms with van der Waals surface area (Å²) in [5, 5.41) is 4.57. The quantitative estimate of drug-likeness (QED) is 0.445. The van der Waals surface area contributed by atoms with Crippen molar-refractivity contribution < 1.29 is 9.59 Å². The van der Waals surface area contributed by atoms with E-state index in [1.165, 1.54) is 35.6 Å². The highest BCUT2D eigenvalue weighted by atomic mass is 32.2. The van der Waals surface area contributed by atoms with Gasteiger partial charge in [0.1, 0.15) is 0 Å². The molecule has 0 radical (unpaired) electrons. The van der Waals surface area contributed by atoms with E-state index in [1.54, 1.807) is 24.3 Å². The molecule has 0 aliphatic carbocycles. The maximum Gasteiger partial charge on any atom is 0.237 e. The number of thioether (sulfide) groups is 1. The van der Waals surface area contributed by atoms with Crippen LogP contribution in [0.3, 0.4) is 0 Å². The highest BCUT2D eigenvalue weighted by Gasteiger charge is 2.17. The maximum atomic E-state index is 12.5. The van der Waals surface area contributed by atoms with Crippen molar-refractivity contribution in [3.63, 3.8) is 0 Å². The average molecular weight is 397 g/mol. The van der Waals surface area contributed by atoms with Crippen LogP contribution in [0.4, 0.5) is 5.69 Å². The van der Waals surface area contributed by atoms with Gasteiger partial charge in [-0.15, -0.1) is 11.3 Å². The van der Waals surface area contributed by atoms with Gasteiger partial charge in [-0.05, 0) is 32.9 Å². The van der Waals surface area contributed by atoms with Gasteiger partial charge in [0.05, 0.1) is 10.9 Å². The summed E-state index contributed by atoms with van der Waals surface area (Å²) in [5.41, 5.74) is 4.41. The molecule has 0 aliphatic heterocycles. The van der Waals surface area contributed by atoms with Crippen LogP contribution in [0.5, 0.6) is 0 Å². The summed E-state index contributed by atoms with van der Waals surface area (Å²) in [6.45, 7) is 5.41. The number of hydrogen-bond acceptors (Lipinski definition) is 5. The lowest BCUT2D eigenvalue weighted by Crippen LogP contribution is -2.22. The van der Waals surface area contributed by atoms with Crippen molar-refractivity contribution in [1.82, 2.24) is 4.98 Å². The van der Waals surface area contributed by atoms with Crippen molar-refractivity contribution in [2.24, 2.45) is 0 Å². The largest absolute Gasteiger partial charge is 0.325 e. The van der Waals surface area contributed by atoms with E-state index in [0.29, 0.717) is 11.3 Å². The Hall–Kier alpha value is -2.44. The van der Waals surface area contributed by atoms with Gasteiger partial charge < -0.3 is 5.32 Å². The SMILES string of the molecule is CC(=O)c1cccc(NC(=O)[C@H](C)Sc2nc(-c3ccc(C)cc3)cs2)c1. The minimum absolute atomic E-state index is 0.0278. The molecule has 2 aromatic carbocycles. The second-order valence-corrected chi connectivity index (χ2v) is 8.70. The van der Waals surface area contributed by atoms with E-state index in [0.717, 1.165) is 15.6 Å². The van der Waals surface area contributed by atoms with Crippen molar-refractivity contribution in [2.45, 2.75) is 30.4 Å². The van der Waals surface area contributed by atoms with Crippen molar-refractivity contribution in [1.29, 1.82) is 0 Å². The van der Waals surface area contributed by atoms with Gasteiger partial charge in [0.25, 0.3) is 0 Å². The molecule has 4 nitrogen and oxygen atoms in total. The van der Waals surface area contributed by atoms with Gasteiger partial charge >= 0.3 is 0 Å². The summed E-state index contributed by atoms with van der Waals surface area (Å²) in [5.74, 6) is -0.146. The third-order valence-corrected chi connectivity index (χ3v) is 6.09. The van der Waals surface area contributed by atoms with Crippen LogP contribution in [-0.2, 0) is 4.79 Å². The third kappa shape index (κ3) is 5.05. The van der Waals surface area contributed by atoms with E-state index >= 15 is 0 Å². The standard InChI is InChI=1S/C21H20N2O2S2/c1-13-7-9-16(10-8-13)19-12-26-21(23-19)27-15(3)20(25)22-18-6-4-5-17(11-18)14(2)24/h4-12,15H,1-3H3,(H,22,25)/t15-/m0/s1. The van der Waals surface area contributed by atoms with Crippen molar-refractivity contribution in [3.8, 4) is 11.3 Å². The molecule has 1 amide bonds. The van der Waals surface area contributed by atoms with Crippen LogP contribution < -0.4 is 5.32 Å². The summed E-state index contributed by atoms with van der Waals surface area (Å²) in [4.78, 5) is 28.6. The van der Waals surface area contributed by atoms with Gasteiger partial charge in [0.15, 0.2) is 10.1 Å². The molecule has 138 valence electrons. The lowest BCUT2D eigenvalue weighted by molar-refractivity contribution is -0.115. The van der Waals surface area contributed by atoms with E-state index in [9.17, 15) is 9.59 Å². The molecule has 6 heteroatoms. The number of ketones is 1. The molecular formula is C21H20N2O2S2. The van der Waals surface area contributed by atoms with E-state index in [2.05, 4.69) is 41.5 Å². The van der Waals surface area contributed by atoms with Gasteiger partial charge in [-0.2, -0.15) is 0 Å². The third-order valence-electron chi connectivity index (χ3n) is 4.01. The number of Topliss-reactive ketones (excluding diaryl/α,β-unsaturated/α-hetero) is 1. The lowest BCUT2D eigenvalue weighted by Gasteiger charge is -2.11. The second-order valence-electron chi connectivity index (χ2n) is 6.25. The van der Waals surface area contributed by atoms with E-state index in [1.807, 2.05) is 12.3 Å². The molecule has 0 saturated heterocycles. The molecule has 1 N–H and O–H groups in total. The molecule has 0 aliphatic rings. The van der Waals surface area contributed by atoms with E-state index < -0.39 is 0 Å². The lowest BCUT2D eigenvalue weighted by atomic mass is 10.1. The predicted octanol–water partition coefficient (Wildman–Crippen LogP) is 5.44. The molecule has 0 saturated carbocycles. The number of anilines is 1. The molecule has 1 atom stereocenters. The van der Waals surface area contributed by atoms with Crippen molar-refractivity contribution >= 4 is 40.5 Å². The van der Waals surface area contributed by atoms with Crippen LogP contribution in [-0.4, -0.2) is 21.9 Å². The number of benzene rings is 2. The first kappa shape index (κ1) is 19.3. The number of carbonyl (C=O) groups excluding carboxylic acids is 2. The Labute approximate surface area is 167 Å². The number of carbonyl (C=O) groups is 2. The first-order valence-electron chi connectivity index (χ1n) is 8.53. The zero-order valence-electron chi connectivity index (χ0n) is 15.4. The van der Waals surface area contributed by atoms with Crippen LogP contribution in [0.15, 0.2) is 58.3 Å². The minimum Gasteiger partial charge on any atom is -0.325 e. The predicted molar refractivity (Wildman–Crippen MR) is 113 cm³/mol. The molecule has 0 unspecified atom stereocenters. The number of aromatic nitrogens is 1. The highest BCUT2D eigenvalue weighted by molar-refractivity contribution is 8.02. The fourth-order valence-corrected chi connectivity index (χ4v) is 4.40. The zero-order chi connectivity index (χ0) is 19.4. The summed E-state index contributed by atoms with van der Waals surface area (Å²) in [6, 6.07) is 15.2. The van der Waals surface area contributed by atoms with Crippen LogP contribution in [0.1, 0.15) is 29.8 Å². The van der Waals surface area contributed by atoms with E-state index in [-0.39, 0.29) is 16.9 Å². The van der Waals surface area contributed by atoms with Crippen LogP contribution in [0, 0.1) is 6.92 Å². The Bertz CT molecular complexity index is 964. The number of rotatable bonds is 6. The molecule has 27 heavy (non-hydrogen) atoms. The van der Waals surface area contributed by atoms with Gasteiger partial charge in [0.2, 0.25) is 5.91 Å². The number of nitrogens with zero attached hydrogens (tertiary/aromatic N) is 1. The first-order chi connectivity index (χ1) is 12.9. The molecular weight excluding hydrogens is 376 g/mol. The molecule has 1 aromatic heterocycles. The molecule has 1 heterocycles. The van der Waals surface area contributed by atoms with Crippen LogP contribution in [0.2, 0.25) is 0 Å². The Morgan fingerprint density at radius 1 is 1.15 bits per heavy atom. The summed E-state index contributed by atoms with van der Waals surface area (Å²) >= 11 is 2.96. The number of amides is 1. The summed E-state index contributed by atoms with van der Waals surface area (Å²) < 4.78 is 0.853. The first-order valence-corrected chi connectivity index (χ1v) is 10.3. The monoisotopic (exact) mass is 396 g/mol. The molecule has 3 aromatic rings. The zero-order valence-corrected chi connectivity index (χ0v) is 17.0. The Morgan fingerprint density at radius 2 is 1.89 bits per heavy atom. The van der Waals surface area contributed by atoms with E-state index in [4.69, 9.17) is 0 Å². The van der Waals surface area contributed by atoms with Gasteiger partial charge in [-0.1, -0.05) is 53.7 Å². The average Bonchev–Trinajstić information content (AvgIpc) is 3.11. The Morgan fingerprint density at radius 3 is 2.59 bits per heavy atom. The molecule has 0 spiro atoms.